The van der Waals surface area contributed by atoms with Gasteiger partial charge in [-0.25, -0.2) is 9.59 Å². The molecule has 0 aromatic carbocycles. The van der Waals surface area contributed by atoms with Gasteiger partial charge in [0, 0.05) is 13.0 Å². The first-order chi connectivity index (χ1) is 9.97. The fourth-order valence-corrected chi connectivity index (χ4v) is 2.73. The summed E-state index contributed by atoms with van der Waals surface area (Å²) < 4.78 is 0. The second-order valence-corrected chi connectivity index (χ2v) is 6.09. The predicted molar refractivity (Wildman–Crippen MR) is 75.3 cm³/mol. The number of carbonyl (C=O) groups excluding carboxylic acids is 2. The van der Waals surface area contributed by atoms with E-state index in [1.807, 2.05) is 0 Å². The molecule has 1 atom stereocenters. The lowest BCUT2D eigenvalue weighted by atomic mass is 9.98. The lowest BCUT2D eigenvalue weighted by molar-refractivity contribution is -0.139. The molecule has 2 aliphatic rings. The molecule has 5 N–H and O–H groups in total. The number of carboxylic acids is 1. The van der Waals surface area contributed by atoms with Crippen molar-refractivity contribution in [3.8, 4) is 0 Å². The first-order valence-corrected chi connectivity index (χ1v) is 7.53. The molecule has 0 radical (unpaired) electrons. The van der Waals surface area contributed by atoms with Crippen LogP contribution in [0.4, 0.5) is 4.79 Å². The van der Waals surface area contributed by atoms with Crippen molar-refractivity contribution in [2.45, 2.75) is 44.6 Å². The molecule has 2 aliphatic carbocycles. The Balaban J connectivity index is 1.73. The maximum atomic E-state index is 11.8. The van der Waals surface area contributed by atoms with Crippen molar-refractivity contribution in [3.05, 3.63) is 0 Å². The summed E-state index contributed by atoms with van der Waals surface area (Å²) in [7, 11) is 0. The van der Waals surface area contributed by atoms with E-state index < -0.39 is 23.9 Å². The molecule has 0 aromatic rings. The maximum Gasteiger partial charge on any atom is 0.326 e. The summed E-state index contributed by atoms with van der Waals surface area (Å²) >= 11 is 0. The highest BCUT2D eigenvalue weighted by Crippen LogP contribution is 2.48. The Bertz CT molecular complexity index is 406. The second-order valence-electron chi connectivity index (χ2n) is 6.09. The van der Waals surface area contributed by atoms with Crippen molar-refractivity contribution < 1.29 is 19.5 Å². The molecule has 7 heteroatoms. The minimum atomic E-state index is -1.16. The lowest BCUT2D eigenvalue weighted by Crippen LogP contribution is -2.47. The summed E-state index contributed by atoms with van der Waals surface area (Å²) in [5.41, 5.74) is 4.99. The molecule has 0 bridgehead atoms. The highest BCUT2D eigenvalue weighted by molar-refractivity contribution is 5.83. The molecular weight excluding hydrogens is 274 g/mol. The fourth-order valence-electron chi connectivity index (χ4n) is 2.73. The molecule has 2 rings (SSSR count). The summed E-state index contributed by atoms with van der Waals surface area (Å²) in [6, 6.07) is -1.57. The first kappa shape index (κ1) is 15.6. The molecule has 3 amide bonds. The Kier molecular flexibility index (Phi) is 5.03. The van der Waals surface area contributed by atoms with E-state index in [4.69, 9.17) is 10.8 Å². The van der Waals surface area contributed by atoms with Gasteiger partial charge < -0.3 is 21.5 Å². The van der Waals surface area contributed by atoms with E-state index in [0.717, 1.165) is 11.8 Å². The van der Waals surface area contributed by atoms with Crippen LogP contribution >= 0.6 is 0 Å². The minimum absolute atomic E-state index is 0.00671. The summed E-state index contributed by atoms with van der Waals surface area (Å²) in [5, 5.41) is 14.2. The Morgan fingerprint density at radius 3 is 2.14 bits per heavy atom. The molecular formula is C14H23N3O4. The third-order valence-corrected chi connectivity index (χ3v) is 4.24. The highest BCUT2D eigenvalue weighted by Gasteiger charge is 2.41. The number of aliphatic carboxylic acids is 1. The van der Waals surface area contributed by atoms with Crippen LogP contribution in [0.5, 0.6) is 0 Å². The molecule has 0 spiro atoms. The number of amides is 3. The molecule has 21 heavy (non-hydrogen) atoms. The number of hydrogen-bond acceptors (Lipinski definition) is 3. The van der Waals surface area contributed by atoms with Crippen LogP contribution in [0.15, 0.2) is 0 Å². The zero-order chi connectivity index (χ0) is 15.4. The third kappa shape index (κ3) is 5.24. The van der Waals surface area contributed by atoms with Crippen LogP contribution in [0.2, 0.25) is 0 Å². The Morgan fingerprint density at radius 2 is 1.71 bits per heavy atom. The average Bonchev–Trinajstić information content (AvgIpc) is 3.25. The van der Waals surface area contributed by atoms with Crippen molar-refractivity contribution in [2.24, 2.45) is 23.5 Å². The lowest BCUT2D eigenvalue weighted by Gasteiger charge is -2.18. The molecule has 0 unspecified atom stereocenters. The zero-order valence-electron chi connectivity index (χ0n) is 12.0. The molecule has 118 valence electrons. The summed E-state index contributed by atoms with van der Waals surface area (Å²) in [5.74, 6) is 0.244. The molecule has 0 aromatic heterocycles. The molecule has 2 fully saturated rings. The number of primary amides is 1. The third-order valence-electron chi connectivity index (χ3n) is 4.24. The quantitative estimate of drug-likeness (QED) is 0.493. The average molecular weight is 297 g/mol. The zero-order valence-corrected chi connectivity index (χ0v) is 12.0. The number of nitrogens with one attached hydrogen (secondary N) is 2. The number of nitrogens with two attached hydrogens (primary N) is 1. The van der Waals surface area contributed by atoms with Gasteiger partial charge in [-0.1, -0.05) is 0 Å². The van der Waals surface area contributed by atoms with Crippen molar-refractivity contribution >= 4 is 17.9 Å². The molecule has 0 saturated heterocycles. The topological polar surface area (TPSA) is 122 Å². The smallest absolute Gasteiger partial charge is 0.326 e. The van der Waals surface area contributed by atoms with Crippen LogP contribution < -0.4 is 16.4 Å². The van der Waals surface area contributed by atoms with Gasteiger partial charge in [-0.15, -0.1) is 0 Å². The van der Waals surface area contributed by atoms with E-state index in [1.54, 1.807) is 0 Å². The van der Waals surface area contributed by atoms with E-state index in [9.17, 15) is 14.4 Å². The van der Waals surface area contributed by atoms with Gasteiger partial charge in [0.15, 0.2) is 0 Å². The Labute approximate surface area is 123 Å². The van der Waals surface area contributed by atoms with Crippen LogP contribution in [0.25, 0.3) is 0 Å². The summed E-state index contributed by atoms with van der Waals surface area (Å²) in [6.45, 7) is 0.601. The summed E-state index contributed by atoms with van der Waals surface area (Å²) in [6.07, 6.45) is 4.89. The van der Waals surface area contributed by atoms with Crippen molar-refractivity contribution in [1.82, 2.24) is 10.6 Å². The normalized spacial score (nSPS) is 19.1. The van der Waals surface area contributed by atoms with E-state index in [0.29, 0.717) is 12.5 Å². The number of carbonyl (C=O) groups is 3. The number of hydrogen-bond donors (Lipinski definition) is 4. The van der Waals surface area contributed by atoms with Crippen LogP contribution in [-0.2, 0) is 9.59 Å². The monoisotopic (exact) mass is 297 g/mol. The van der Waals surface area contributed by atoms with Crippen LogP contribution in [0.3, 0.4) is 0 Å². The molecule has 2 saturated carbocycles. The number of rotatable bonds is 9. The van der Waals surface area contributed by atoms with E-state index in [-0.39, 0.29) is 12.8 Å². The molecule has 0 heterocycles. The number of carboxylic acid groups (broad SMARTS) is 1. The standard InChI is InChI=1S/C14H23N3O4/c15-12(18)6-5-11(13(19)20)17-14(21)16-7-10(8-1-2-8)9-3-4-9/h8-11H,1-7H2,(H2,15,18)(H,19,20)(H2,16,17,21)/t11-/m0/s1. The van der Waals surface area contributed by atoms with E-state index in [1.165, 1.54) is 25.7 Å². The maximum absolute atomic E-state index is 11.8. The van der Waals surface area contributed by atoms with Gasteiger partial charge >= 0.3 is 12.0 Å². The Morgan fingerprint density at radius 1 is 1.14 bits per heavy atom. The van der Waals surface area contributed by atoms with Gasteiger partial charge in [0.25, 0.3) is 0 Å². The van der Waals surface area contributed by atoms with E-state index in [2.05, 4.69) is 10.6 Å². The summed E-state index contributed by atoms with van der Waals surface area (Å²) in [4.78, 5) is 33.5. The van der Waals surface area contributed by atoms with Crippen LogP contribution in [-0.4, -0.2) is 35.6 Å². The van der Waals surface area contributed by atoms with Gasteiger partial charge in [0.1, 0.15) is 6.04 Å². The fraction of sp³-hybridized carbons (Fsp3) is 0.786. The van der Waals surface area contributed by atoms with Gasteiger partial charge in [0.05, 0.1) is 0 Å². The van der Waals surface area contributed by atoms with Crippen LogP contribution in [0, 0.1) is 17.8 Å². The largest absolute Gasteiger partial charge is 0.480 e. The van der Waals surface area contributed by atoms with Gasteiger partial charge in [0.2, 0.25) is 5.91 Å². The van der Waals surface area contributed by atoms with Crippen LogP contribution in [0.1, 0.15) is 38.5 Å². The predicted octanol–water partition coefficient (Wildman–Crippen LogP) is 0.440. The highest BCUT2D eigenvalue weighted by atomic mass is 16.4. The Hall–Kier alpha value is -1.79. The molecule has 7 nitrogen and oxygen atoms in total. The SMILES string of the molecule is NC(=O)CC[C@H](NC(=O)NCC(C1CC1)C1CC1)C(=O)O. The van der Waals surface area contributed by atoms with Gasteiger partial charge in [-0.2, -0.15) is 0 Å². The van der Waals surface area contributed by atoms with Gasteiger partial charge in [-0.3, -0.25) is 4.79 Å². The van der Waals surface area contributed by atoms with Gasteiger partial charge in [-0.05, 0) is 49.9 Å². The van der Waals surface area contributed by atoms with Crippen molar-refractivity contribution in [1.29, 1.82) is 0 Å². The first-order valence-electron chi connectivity index (χ1n) is 7.53. The van der Waals surface area contributed by atoms with Crippen molar-refractivity contribution in [3.63, 3.8) is 0 Å². The molecule has 0 aliphatic heterocycles. The second kappa shape index (κ2) is 6.78. The number of urea groups is 1. The minimum Gasteiger partial charge on any atom is -0.480 e. The van der Waals surface area contributed by atoms with Crippen molar-refractivity contribution in [2.75, 3.05) is 6.54 Å². The van der Waals surface area contributed by atoms with E-state index >= 15 is 0 Å².